The first kappa shape index (κ1) is 19.5. The summed E-state index contributed by atoms with van der Waals surface area (Å²) < 4.78 is 10.9. The fourth-order valence-electron chi connectivity index (χ4n) is 7.23. The van der Waals surface area contributed by atoms with Crippen LogP contribution >= 0.6 is 0 Å². The SMILES string of the molecule is COc1cc2c(cc1OC)[C@]1(C)CCC3C(C)(C)CCC[C@]3(C)[C@H]1C(=O)C2=O. The van der Waals surface area contributed by atoms with Crippen molar-refractivity contribution in [3.05, 3.63) is 23.3 Å². The molecule has 4 rings (SSSR count). The van der Waals surface area contributed by atoms with Crippen molar-refractivity contribution in [2.24, 2.45) is 22.7 Å². The van der Waals surface area contributed by atoms with E-state index in [1.54, 1.807) is 20.3 Å². The van der Waals surface area contributed by atoms with Crippen molar-refractivity contribution in [2.45, 2.75) is 65.2 Å². The summed E-state index contributed by atoms with van der Waals surface area (Å²) in [6.07, 6.45) is 5.34. The molecule has 4 atom stereocenters. The van der Waals surface area contributed by atoms with Crippen LogP contribution in [0.15, 0.2) is 12.1 Å². The van der Waals surface area contributed by atoms with Crippen molar-refractivity contribution >= 4 is 11.6 Å². The summed E-state index contributed by atoms with van der Waals surface area (Å²) in [7, 11) is 3.17. The Balaban J connectivity index is 1.93. The van der Waals surface area contributed by atoms with Crippen LogP contribution in [-0.4, -0.2) is 25.8 Å². The summed E-state index contributed by atoms with van der Waals surface area (Å²) in [6, 6.07) is 3.65. The van der Waals surface area contributed by atoms with Crippen molar-refractivity contribution in [3.8, 4) is 11.5 Å². The van der Waals surface area contributed by atoms with Crippen LogP contribution in [0.25, 0.3) is 0 Å². The Morgan fingerprint density at radius 1 is 0.929 bits per heavy atom. The van der Waals surface area contributed by atoms with Crippen molar-refractivity contribution in [2.75, 3.05) is 14.2 Å². The first-order valence-electron chi connectivity index (χ1n) is 10.4. The van der Waals surface area contributed by atoms with Crippen LogP contribution < -0.4 is 9.47 Å². The van der Waals surface area contributed by atoms with E-state index in [4.69, 9.17) is 9.47 Å². The highest BCUT2D eigenvalue weighted by molar-refractivity contribution is 6.46. The van der Waals surface area contributed by atoms with Crippen LogP contribution in [0.5, 0.6) is 11.5 Å². The van der Waals surface area contributed by atoms with Gasteiger partial charge in [-0.15, -0.1) is 0 Å². The predicted octanol–water partition coefficient (Wildman–Crippen LogP) is 4.97. The molecular weight excluding hydrogens is 352 g/mol. The molecule has 3 aliphatic rings. The summed E-state index contributed by atoms with van der Waals surface area (Å²) in [4.78, 5) is 26.7. The van der Waals surface area contributed by atoms with E-state index < -0.39 is 0 Å². The lowest BCUT2D eigenvalue weighted by Crippen LogP contribution is -2.61. The molecule has 0 N–H and O–H groups in total. The maximum Gasteiger partial charge on any atom is 0.229 e. The minimum atomic E-state index is -0.358. The number of benzene rings is 1. The molecule has 4 heteroatoms. The van der Waals surface area contributed by atoms with E-state index in [2.05, 4.69) is 27.7 Å². The van der Waals surface area contributed by atoms with Crippen LogP contribution in [0.1, 0.15) is 75.7 Å². The Morgan fingerprint density at radius 2 is 1.57 bits per heavy atom. The molecule has 2 fully saturated rings. The Morgan fingerprint density at radius 3 is 2.21 bits per heavy atom. The van der Waals surface area contributed by atoms with Gasteiger partial charge in [-0.2, -0.15) is 0 Å². The predicted molar refractivity (Wildman–Crippen MR) is 108 cm³/mol. The van der Waals surface area contributed by atoms with Gasteiger partial charge in [-0.1, -0.05) is 34.1 Å². The average molecular weight is 385 g/mol. The number of carbonyl (C=O) groups is 2. The van der Waals surface area contributed by atoms with Gasteiger partial charge < -0.3 is 9.47 Å². The maximum atomic E-state index is 13.5. The molecule has 0 radical (unpaired) electrons. The first-order chi connectivity index (χ1) is 13.1. The summed E-state index contributed by atoms with van der Waals surface area (Å²) >= 11 is 0. The fraction of sp³-hybridized carbons (Fsp3) is 0.667. The monoisotopic (exact) mass is 384 g/mol. The average Bonchev–Trinajstić information content (AvgIpc) is 2.64. The number of ketones is 2. The van der Waals surface area contributed by atoms with Gasteiger partial charge in [0.25, 0.3) is 0 Å². The van der Waals surface area contributed by atoms with Crippen LogP contribution in [0.4, 0.5) is 0 Å². The third kappa shape index (κ3) is 2.36. The minimum Gasteiger partial charge on any atom is -0.493 e. The second kappa shape index (κ2) is 6.08. The molecule has 1 unspecified atom stereocenters. The van der Waals surface area contributed by atoms with Crippen LogP contribution in [0.3, 0.4) is 0 Å². The second-order valence-electron chi connectivity index (χ2n) is 10.2. The number of ether oxygens (including phenoxy) is 2. The van der Waals surface area contributed by atoms with Gasteiger partial charge in [0.1, 0.15) is 0 Å². The molecular formula is C24H32O4. The van der Waals surface area contributed by atoms with E-state index in [1.165, 1.54) is 6.42 Å². The minimum absolute atomic E-state index is 0.146. The topological polar surface area (TPSA) is 52.6 Å². The highest BCUT2D eigenvalue weighted by Gasteiger charge is 2.64. The smallest absolute Gasteiger partial charge is 0.229 e. The molecule has 0 aromatic heterocycles. The quantitative estimate of drug-likeness (QED) is 0.676. The molecule has 0 saturated heterocycles. The molecule has 1 aromatic carbocycles. The van der Waals surface area contributed by atoms with Gasteiger partial charge in [-0.25, -0.2) is 0 Å². The van der Waals surface area contributed by atoms with Crippen molar-refractivity contribution in [1.82, 2.24) is 0 Å². The van der Waals surface area contributed by atoms with Gasteiger partial charge in [0, 0.05) is 16.9 Å². The fourth-order valence-corrected chi connectivity index (χ4v) is 7.23. The van der Waals surface area contributed by atoms with Crippen LogP contribution in [-0.2, 0) is 10.2 Å². The molecule has 0 amide bonds. The molecule has 28 heavy (non-hydrogen) atoms. The summed E-state index contributed by atoms with van der Waals surface area (Å²) in [5.74, 6) is 0.764. The zero-order chi connectivity index (χ0) is 20.5. The molecule has 152 valence electrons. The highest BCUT2D eigenvalue weighted by Crippen LogP contribution is 2.66. The van der Waals surface area contributed by atoms with Gasteiger partial charge in [-0.05, 0) is 60.1 Å². The van der Waals surface area contributed by atoms with E-state index in [0.717, 1.165) is 31.2 Å². The van der Waals surface area contributed by atoms with E-state index in [9.17, 15) is 9.59 Å². The molecule has 2 saturated carbocycles. The van der Waals surface area contributed by atoms with E-state index in [0.29, 0.717) is 23.0 Å². The lowest BCUT2D eigenvalue weighted by Gasteiger charge is -2.62. The lowest BCUT2D eigenvalue weighted by molar-refractivity contribution is -0.145. The molecule has 0 spiro atoms. The van der Waals surface area contributed by atoms with Gasteiger partial charge in [0.05, 0.1) is 14.2 Å². The zero-order valence-electron chi connectivity index (χ0n) is 18.0. The maximum absolute atomic E-state index is 13.5. The normalized spacial score (nSPS) is 36.2. The second-order valence-corrected chi connectivity index (χ2v) is 10.2. The largest absolute Gasteiger partial charge is 0.493 e. The molecule has 0 bridgehead atoms. The number of methoxy groups -OCH3 is 2. The summed E-state index contributed by atoms with van der Waals surface area (Å²) in [6.45, 7) is 9.15. The highest BCUT2D eigenvalue weighted by atomic mass is 16.5. The number of rotatable bonds is 2. The number of hydrogen-bond donors (Lipinski definition) is 0. The third-order valence-electron chi connectivity index (χ3n) is 8.39. The Labute approximate surface area is 168 Å². The first-order valence-corrected chi connectivity index (χ1v) is 10.4. The standard InChI is InChI=1S/C24H32O4/c1-22(2)9-7-10-24(4)18(22)8-11-23(3)15-13-17(28-6)16(27-5)12-14(15)19(25)20(26)21(23)24/h12-13,18,21H,7-11H2,1-6H3/t18?,21-,23-,24-/m0/s1. The molecule has 0 aliphatic heterocycles. The Hall–Kier alpha value is -1.84. The summed E-state index contributed by atoms with van der Waals surface area (Å²) in [5.41, 5.74) is 1.17. The molecule has 0 heterocycles. The Bertz CT molecular complexity index is 854. The number of fused-ring (bicyclic) bond motifs is 5. The van der Waals surface area contributed by atoms with Crippen molar-refractivity contribution in [3.63, 3.8) is 0 Å². The molecule has 1 aromatic rings. The lowest BCUT2D eigenvalue weighted by atomic mass is 9.40. The molecule has 4 nitrogen and oxygen atoms in total. The van der Waals surface area contributed by atoms with Crippen molar-refractivity contribution in [1.29, 1.82) is 0 Å². The number of hydrogen-bond acceptors (Lipinski definition) is 4. The number of carbonyl (C=O) groups excluding carboxylic acids is 2. The van der Waals surface area contributed by atoms with Crippen molar-refractivity contribution < 1.29 is 19.1 Å². The van der Waals surface area contributed by atoms with Gasteiger partial charge >= 0.3 is 0 Å². The summed E-state index contributed by atoms with van der Waals surface area (Å²) in [5, 5.41) is 0. The number of Topliss-reactive ketones (excluding diaryl/α,β-unsaturated/α-hetero) is 2. The Kier molecular flexibility index (Phi) is 4.23. The third-order valence-corrected chi connectivity index (χ3v) is 8.39. The molecule has 3 aliphatic carbocycles. The van der Waals surface area contributed by atoms with Crippen LogP contribution in [0, 0.1) is 22.7 Å². The van der Waals surface area contributed by atoms with E-state index >= 15 is 0 Å². The van der Waals surface area contributed by atoms with Crippen LogP contribution in [0.2, 0.25) is 0 Å². The van der Waals surface area contributed by atoms with E-state index in [-0.39, 0.29) is 33.7 Å². The van der Waals surface area contributed by atoms with Gasteiger partial charge in [0.15, 0.2) is 11.5 Å². The van der Waals surface area contributed by atoms with Gasteiger partial charge in [0.2, 0.25) is 11.6 Å². The van der Waals surface area contributed by atoms with E-state index in [1.807, 2.05) is 6.07 Å². The zero-order valence-corrected chi connectivity index (χ0v) is 18.0. The van der Waals surface area contributed by atoms with Gasteiger partial charge in [-0.3, -0.25) is 9.59 Å².